The third-order valence-corrected chi connectivity index (χ3v) is 8.02. The predicted octanol–water partition coefficient (Wildman–Crippen LogP) is 6.49. The van der Waals surface area contributed by atoms with Crippen molar-refractivity contribution in [3.8, 4) is 5.75 Å². The summed E-state index contributed by atoms with van der Waals surface area (Å²) in [6.07, 6.45) is 4.55. The van der Waals surface area contributed by atoms with Crippen LogP contribution in [0.4, 0.5) is 0 Å². The van der Waals surface area contributed by atoms with E-state index in [1.54, 1.807) is 11.0 Å². The van der Waals surface area contributed by atoms with E-state index in [-0.39, 0.29) is 31.0 Å². The number of ether oxygens (including phenoxy) is 1. The maximum atomic E-state index is 13.7. The summed E-state index contributed by atoms with van der Waals surface area (Å²) in [6, 6.07) is 22.2. The zero-order chi connectivity index (χ0) is 26.2. The van der Waals surface area contributed by atoms with Crippen LogP contribution in [-0.2, 0) is 22.6 Å². The second kappa shape index (κ2) is 13.1. The lowest BCUT2D eigenvalue weighted by molar-refractivity contribution is -0.143. The van der Waals surface area contributed by atoms with Gasteiger partial charge in [-0.3, -0.25) is 9.59 Å². The lowest BCUT2D eigenvalue weighted by Crippen LogP contribution is -2.53. The van der Waals surface area contributed by atoms with Crippen molar-refractivity contribution in [3.63, 3.8) is 0 Å². The fourth-order valence-corrected chi connectivity index (χ4v) is 5.11. The average molecular weight is 584 g/mol. The Kier molecular flexibility index (Phi) is 9.64. The number of hydrogen-bond acceptors (Lipinski definition) is 3. The summed E-state index contributed by atoms with van der Waals surface area (Å²) in [5, 5.41) is 3.77. The molecule has 5 nitrogen and oxygen atoms in total. The van der Waals surface area contributed by atoms with Crippen LogP contribution >= 0.6 is 27.5 Å². The van der Waals surface area contributed by atoms with Crippen molar-refractivity contribution in [2.24, 2.45) is 0 Å². The van der Waals surface area contributed by atoms with E-state index in [4.69, 9.17) is 16.3 Å². The Morgan fingerprint density at radius 3 is 2.46 bits per heavy atom. The van der Waals surface area contributed by atoms with Gasteiger partial charge in [0.2, 0.25) is 5.91 Å². The summed E-state index contributed by atoms with van der Waals surface area (Å²) >= 11 is 9.98. The first-order valence-corrected chi connectivity index (χ1v) is 13.8. The monoisotopic (exact) mass is 582 g/mol. The van der Waals surface area contributed by atoms with E-state index in [1.807, 2.05) is 73.7 Å². The molecule has 3 aromatic rings. The Labute approximate surface area is 232 Å². The molecule has 0 aromatic heterocycles. The van der Waals surface area contributed by atoms with Crippen molar-refractivity contribution in [1.29, 1.82) is 0 Å². The minimum atomic E-state index is -0.706. The van der Waals surface area contributed by atoms with Crippen LogP contribution in [0, 0.1) is 6.92 Å². The first kappa shape index (κ1) is 27.2. The van der Waals surface area contributed by atoms with Crippen LogP contribution < -0.4 is 10.1 Å². The number of carbonyl (C=O) groups excluding carboxylic acids is 2. The second-order valence-corrected chi connectivity index (χ2v) is 10.8. The van der Waals surface area contributed by atoms with Crippen LogP contribution in [0.5, 0.6) is 5.75 Å². The predicted molar refractivity (Wildman–Crippen MR) is 151 cm³/mol. The van der Waals surface area contributed by atoms with Crippen LogP contribution in [0.15, 0.2) is 77.3 Å². The molecule has 0 aliphatic heterocycles. The Morgan fingerprint density at radius 1 is 1.05 bits per heavy atom. The molecule has 0 spiro atoms. The van der Waals surface area contributed by atoms with E-state index in [0.717, 1.165) is 46.8 Å². The summed E-state index contributed by atoms with van der Waals surface area (Å²) in [4.78, 5) is 29.0. The van der Waals surface area contributed by atoms with Gasteiger partial charge in [-0.2, -0.15) is 0 Å². The lowest BCUT2D eigenvalue weighted by atomic mass is 10.0. The molecular weight excluding hydrogens is 552 g/mol. The van der Waals surface area contributed by atoms with Gasteiger partial charge in [0, 0.05) is 28.5 Å². The second-order valence-electron chi connectivity index (χ2n) is 9.51. The van der Waals surface area contributed by atoms with Crippen LogP contribution in [0.25, 0.3) is 0 Å². The van der Waals surface area contributed by atoms with E-state index in [9.17, 15) is 9.59 Å². The standard InChI is InChI=1S/C30H32BrClN2O3/c1-21-17-25(15-16-26(21)31)37-20-29(35)34(19-23-11-5-8-14-27(23)32)28(18-22-9-3-2-4-10-22)30(36)33-24-12-6-7-13-24/h2-5,8-11,14-17,24,28H,6-7,12-13,18-20H2,1H3,(H,33,36)/t28-/m1/s1. The Hall–Kier alpha value is -2.83. The van der Waals surface area contributed by atoms with Gasteiger partial charge < -0.3 is 15.0 Å². The van der Waals surface area contributed by atoms with Crippen molar-refractivity contribution in [3.05, 3.63) is 99.0 Å². The molecule has 3 aromatic carbocycles. The minimum absolute atomic E-state index is 0.143. The highest BCUT2D eigenvalue weighted by Gasteiger charge is 2.32. The van der Waals surface area contributed by atoms with Gasteiger partial charge in [0.25, 0.3) is 5.91 Å². The maximum Gasteiger partial charge on any atom is 0.261 e. The fourth-order valence-electron chi connectivity index (χ4n) is 4.67. The molecular formula is C30H32BrClN2O3. The molecule has 1 N–H and O–H groups in total. The van der Waals surface area contributed by atoms with E-state index >= 15 is 0 Å². The number of hydrogen-bond donors (Lipinski definition) is 1. The molecule has 1 aliphatic rings. The van der Waals surface area contributed by atoms with Crippen molar-refractivity contribution in [2.45, 2.75) is 57.7 Å². The van der Waals surface area contributed by atoms with Crippen molar-refractivity contribution >= 4 is 39.3 Å². The molecule has 0 heterocycles. The number of nitrogens with one attached hydrogen (secondary N) is 1. The number of halogens is 2. The van der Waals surface area contributed by atoms with Gasteiger partial charge in [0.05, 0.1) is 0 Å². The zero-order valence-electron chi connectivity index (χ0n) is 21.0. The Balaban J connectivity index is 1.62. The van der Waals surface area contributed by atoms with Crippen LogP contribution in [0.2, 0.25) is 5.02 Å². The molecule has 37 heavy (non-hydrogen) atoms. The Bertz CT molecular complexity index is 1210. The maximum absolute atomic E-state index is 13.7. The molecule has 0 saturated heterocycles. The number of carbonyl (C=O) groups is 2. The molecule has 1 aliphatic carbocycles. The van der Waals surface area contributed by atoms with Gasteiger partial charge >= 0.3 is 0 Å². The molecule has 7 heteroatoms. The van der Waals surface area contributed by atoms with Gasteiger partial charge in [-0.05, 0) is 60.7 Å². The van der Waals surface area contributed by atoms with Gasteiger partial charge in [-0.15, -0.1) is 0 Å². The van der Waals surface area contributed by atoms with Gasteiger partial charge in [0.15, 0.2) is 6.61 Å². The van der Waals surface area contributed by atoms with E-state index in [1.165, 1.54) is 0 Å². The third kappa shape index (κ3) is 7.59. The summed E-state index contributed by atoms with van der Waals surface area (Å²) < 4.78 is 6.86. The van der Waals surface area contributed by atoms with Gasteiger partial charge in [0.1, 0.15) is 11.8 Å². The Morgan fingerprint density at radius 2 is 1.76 bits per heavy atom. The van der Waals surface area contributed by atoms with Crippen LogP contribution in [-0.4, -0.2) is 35.4 Å². The minimum Gasteiger partial charge on any atom is -0.484 e. The molecule has 4 rings (SSSR count). The highest BCUT2D eigenvalue weighted by Crippen LogP contribution is 2.24. The average Bonchev–Trinajstić information content (AvgIpc) is 3.41. The topological polar surface area (TPSA) is 58.6 Å². The van der Waals surface area contributed by atoms with Crippen LogP contribution in [0.1, 0.15) is 42.4 Å². The molecule has 1 fully saturated rings. The molecule has 194 valence electrons. The largest absolute Gasteiger partial charge is 0.484 e. The highest BCUT2D eigenvalue weighted by molar-refractivity contribution is 9.10. The van der Waals surface area contributed by atoms with Crippen molar-refractivity contribution < 1.29 is 14.3 Å². The molecule has 0 unspecified atom stereocenters. The molecule has 0 bridgehead atoms. The fraction of sp³-hybridized carbons (Fsp3) is 0.333. The number of nitrogens with zero attached hydrogens (tertiary/aromatic N) is 1. The number of rotatable bonds is 10. The SMILES string of the molecule is Cc1cc(OCC(=O)N(Cc2ccccc2Cl)[C@H](Cc2ccccc2)C(=O)NC2CCCC2)ccc1Br. The smallest absolute Gasteiger partial charge is 0.261 e. The van der Waals surface area contributed by atoms with Crippen LogP contribution in [0.3, 0.4) is 0 Å². The molecule has 0 radical (unpaired) electrons. The van der Waals surface area contributed by atoms with Crippen molar-refractivity contribution in [1.82, 2.24) is 10.2 Å². The number of benzene rings is 3. The first-order chi connectivity index (χ1) is 17.9. The molecule has 1 atom stereocenters. The number of amides is 2. The van der Waals surface area contributed by atoms with E-state index < -0.39 is 6.04 Å². The summed E-state index contributed by atoms with van der Waals surface area (Å²) in [6.45, 7) is 1.98. The normalized spacial score (nSPS) is 14.2. The number of aryl methyl sites for hydroxylation is 1. The van der Waals surface area contributed by atoms with Gasteiger partial charge in [-0.1, -0.05) is 88.9 Å². The summed E-state index contributed by atoms with van der Waals surface area (Å²) in [5.74, 6) is 0.181. The summed E-state index contributed by atoms with van der Waals surface area (Å²) in [7, 11) is 0. The lowest BCUT2D eigenvalue weighted by Gasteiger charge is -2.32. The van der Waals surface area contributed by atoms with Crippen molar-refractivity contribution in [2.75, 3.05) is 6.61 Å². The summed E-state index contributed by atoms with van der Waals surface area (Å²) in [5.41, 5.74) is 2.77. The zero-order valence-corrected chi connectivity index (χ0v) is 23.3. The third-order valence-electron chi connectivity index (χ3n) is 6.76. The molecule has 2 amide bonds. The molecule has 1 saturated carbocycles. The van der Waals surface area contributed by atoms with E-state index in [2.05, 4.69) is 21.2 Å². The van der Waals surface area contributed by atoms with E-state index in [0.29, 0.717) is 17.2 Å². The first-order valence-electron chi connectivity index (χ1n) is 12.7. The quantitative estimate of drug-likeness (QED) is 0.297. The van der Waals surface area contributed by atoms with Gasteiger partial charge in [-0.25, -0.2) is 0 Å². The highest BCUT2D eigenvalue weighted by atomic mass is 79.9.